The van der Waals surface area contributed by atoms with E-state index in [1.165, 1.54) is 23.9 Å². The molecular weight excluding hydrogens is 225 g/mol. The van der Waals surface area contributed by atoms with Gasteiger partial charge in [0.1, 0.15) is 5.82 Å². The first kappa shape index (κ1) is 11.0. The normalized spacial score (nSPS) is 10.4. The second-order valence-electron chi connectivity index (χ2n) is 3.25. The highest BCUT2D eigenvalue weighted by molar-refractivity contribution is 7.98. The summed E-state index contributed by atoms with van der Waals surface area (Å²) in [4.78, 5) is 14.9. The molecule has 1 aromatic heterocycles. The zero-order valence-electron chi connectivity index (χ0n) is 8.66. The molecule has 0 aliphatic heterocycles. The van der Waals surface area contributed by atoms with E-state index in [0.29, 0.717) is 5.69 Å². The third-order valence-electron chi connectivity index (χ3n) is 2.24. The fourth-order valence-electron chi connectivity index (χ4n) is 1.42. The van der Waals surface area contributed by atoms with E-state index in [9.17, 15) is 9.18 Å². The van der Waals surface area contributed by atoms with Crippen LogP contribution in [0.25, 0.3) is 0 Å². The summed E-state index contributed by atoms with van der Waals surface area (Å²) in [5, 5.41) is 0.889. The lowest BCUT2D eigenvalue weighted by Crippen LogP contribution is -2.04. The number of ketones is 1. The molecule has 0 amide bonds. The minimum absolute atomic E-state index is 0.0944. The molecule has 1 heterocycles. The summed E-state index contributed by atoms with van der Waals surface area (Å²) in [7, 11) is 0. The molecule has 0 fully saturated rings. The number of aromatic nitrogens is 1. The minimum atomic E-state index is -0.493. The highest BCUT2D eigenvalue weighted by atomic mass is 32.2. The first-order chi connectivity index (χ1) is 7.72. The van der Waals surface area contributed by atoms with Crippen LogP contribution in [0.15, 0.2) is 41.4 Å². The molecule has 1 N–H and O–H groups in total. The molecule has 0 unspecified atom stereocenters. The van der Waals surface area contributed by atoms with Crippen molar-refractivity contribution < 1.29 is 9.18 Å². The van der Waals surface area contributed by atoms with Gasteiger partial charge in [0.15, 0.2) is 0 Å². The molecule has 0 bridgehead atoms. The van der Waals surface area contributed by atoms with Crippen molar-refractivity contribution in [3.8, 4) is 0 Å². The van der Waals surface area contributed by atoms with Crippen molar-refractivity contribution in [2.24, 2.45) is 0 Å². The van der Waals surface area contributed by atoms with Crippen LogP contribution in [0.2, 0.25) is 0 Å². The lowest BCUT2D eigenvalue weighted by Gasteiger charge is -1.99. The van der Waals surface area contributed by atoms with Crippen molar-refractivity contribution in [3.63, 3.8) is 0 Å². The van der Waals surface area contributed by atoms with E-state index >= 15 is 0 Å². The Labute approximate surface area is 96.9 Å². The Morgan fingerprint density at radius 2 is 2.00 bits per heavy atom. The molecule has 0 saturated carbocycles. The van der Waals surface area contributed by atoms with E-state index in [0.717, 1.165) is 5.03 Å². The zero-order chi connectivity index (χ0) is 11.5. The van der Waals surface area contributed by atoms with Crippen LogP contribution in [0.3, 0.4) is 0 Å². The number of hydrogen-bond acceptors (Lipinski definition) is 2. The second-order valence-corrected chi connectivity index (χ2v) is 4.10. The number of H-pyrrole nitrogens is 1. The monoisotopic (exact) mass is 235 g/mol. The summed E-state index contributed by atoms with van der Waals surface area (Å²) in [5.74, 6) is -0.814. The number of carbonyl (C=O) groups is 1. The van der Waals surface area contributed by atoms with Crippen molar-refractivity contribution in [2.45, 2.75) is 5.03 Å². The van der Waals surface area contributed by atoms with Gasteiger partial charge < -0.3 is 4.98 Å². The van der Waals surface area contributed by atoms with Gasteiger partial charge >= 0.3 is 0 Å². The van der Waals surface area contributed by atoms with E-state index in [2.05, 4.69) is 4.98 Å². The van der Waals surface area contributed by atoms with Crippen LogP contribution in [-0.4, -0.2) is 17.0 Å². The van der Waals surface area contributed by atoms with Crippen LogP contribution in [0.5, 0.6) is 0 Å². The molecule has 2 rings (SSSR count). The van der Waals surface area contributed by atoms with Crippen molar-refractivity contribution in [2.75, 3.05) is 6.26 Å². The molecule has 4 heteroatoms. The van der Waals surface area contributed by atoms with Gasteiger partial charge in [-0.2, -0.15) is 0 Å². The lowest BCUT2D eigenvalue weighted by molar-refractivity contribution is 0.103. The Bertz CT molecular complexity index is 521. The first-order valence-electron chi connectivity index (χ1n) is 4.74. The maximum atomic E-state index is 13.4. The number of carbonyl (C=O) groups excluding carboxylic acids is 1. The number of hydrogen-bond donors (Lipinski definition) is 1. The number of halogens is 1. The summed E-state index contributed by atoms with van der Waals surface area (Å²) in [6.45, 7) is 0. The van der Waals surface area contributed by atoms with Gasteiger partial charge in [0.2, 0.25) is 5.78 Å². The number of thioether (sulfide) groups is 1. The van der Waals surface area contributed by atoms with Gasteiger partial charge in [-0.15, -0.1) is 11.8 Å². The van der Waals surface area contributed by atoms with E-state index < -0.39 is 5.82 Å². The van der Waals surface area contributed by atoms with Gasteiger partial charge in [-0.05, 0) is 30.5 Å². The summed E-state index contributed by atoms with van der Waals surface area (Å²) in [5.41, 5.74) is 0.506. The quantitative estimate of drug-likeness (QED) is 0.655. The molecule has 2 nitrogen and oxygen atoms in total. The molecule has 16 heavy (non-hydrogen) atoms. The van der Waals surface area contributed by atoms with Gasteiger partial charge in [-0.25, -0.2) is 4.39 Å². The van der Waals surface area contributed by atoms with Crippen molar-refractivity contribution >= 4 is 17.5 Å². The number of aromatic amines is 1. The van der Waals surface area contributed by atoms with Crippen LogP contribution in [0.4, 0.5) is 4.39 Å². The van der Waals surface area contributed by atoms with E-state index in [4.69, 9.17) is 0 Å². The molecule has 82 valence electrons. The molecule has 0 atom stereocenters. The van der Waals surface area contributed by atoms with Crippen LogP contribution in [0.1, 0.15) is 16.1 Å². The number of rotatable bonds is 3. The van der Waals surface area contributed by atoms with Gasteiger partial charge in [0, 0.05) is 0 Å². The van der Waals surface area contributed by atoms with E-state index in [-0.39, 0.29) is 11.3 Å². The highest BCUT2D eigenvalue weighted by Gasteiger charge is 2.14. The Kier molecular flexibility index (Phi) is 3.10. The Balaban J connectivity index is 2.35. The van der Waals surface area contributed by atoms with Crippen molar-refractivity contribution in [3.05, 3.63) is 53.5 Å². The van der Waals surface area contributed by atoms with Gasteiger partial charge in [0.05, 0.1) is 16.3 Å². The van der Waals surface area contributed by atoms with Gasteiger partial charge in [0.25, 0.3) is 0 Å². The third-order valence-corrected chi connectivity index (χ3v) is 2.92. The van der Waals surface area contributed by atoms with Gasteiger partial charge in [-0.3, -0.25) is 4.79 Å². The maximum absolute atomic E-state index is 13.4. The lowest BCUT2D eigenvalue weighted by atomic mass is 10.1. The SMILES string of the molecule is CSc1ccc(C(=O)c2ccccc2F)[nH]1. The van der Waals surface area contributed by atoms with Crippen molar-refractivity contribution in [1.29, 1.82) is 0 Å². The smallest absolute Gasteiger partial charge is 0.212 e. The summed E-state index contributed by atoms with van der Waals surface area (Å²) in [6, 6.07) is 9.45. The molecule has 1 aromatic carbocycles. The molecule has 0 aliphatic rings. The van der Waals surface area contributed by atoms with E-state index in [1.54, 1.807) is 24.3 Å². The summed E-state index contributed by atoms with van der Waals surface area (Å²) in [6.07, 6.45) is 1.91. The van der Waals surface area contributed by atoms with E-state index in [1.807, 2.05) is 6.26 Å². The van der Waals surface area contributed by atoms with Gasteiger partial charge in [-0.1, -0.05) is 12.1 Å². The highest BCUT2D eigenvalue weighted by Crippen LogP contribution is 2.17. The van der Waals surface area contributed by atoms with Crippen LogP contribution in [0, 0.1) is 5.82 Å². The predicted molar refractivity (Wildman–Crippen MR) is 62.4 cm³/mol. The first-order valence-corrected chi connectivity index (χ1v) is 5.97. The topological polar surface area (TPSA) is 32.9 Å². The maximum Gasteiger partial charge on any atom is 0.212 e. The molecule has 0 radical (unpaired) electrons. The minimum Gasteiger partial charge on any atom is -0.347 e. The molecule has 2 aromatic rings. The van der Waals surface area contributed by atoms with Crippen molar-refractivity contribution in [1.82, 2.24) is 4.98 Å². The standard InChI is InChI=1S/C12H10FNOS/c1-16-11-7-6-10(14-11)12(15)8-4-2-3-5-9(8)13/h2-7,14H,1H3. The fourth-order valence-corrected chi connectivity index (χ4v) is 1.83. The average molecular weight is 235 g/mol. The zero-order valence-corrected chi connectivity index (χ0v) is 9.48. The predicted octanol–water partition coefficient (Wildman–Crippen LogP) is 3.11. The Hall–Kier alpha value is -1.55. The fraction of sp³-hybridized carbons (Fsp3) is 0.0833. The molecule has 0 saturated heterocycles. The number of nitrogens with one attached hydrogen (secondary N) is 1. The summed E-state index contributed by atoms with van der Waals surface area (Å²) >= 11 is 1.50. The summed E-state index contributed by atoms with van der Waals surface area (Å²) < 4.78 is 13.4. The average Bonchev–Trinajstić information content (AvgIpc) is 2.77. The third kappa shape index (κ3) is 2.02. The van der Waals surface area contributed by atoms with Crippen LogP contribution in [-0.2, 0) is 0 Å². The largest absolute Gasteiger partial charge is 0.347 e. The van der Waals surface area contributed by atoms with Crippen LogP contribution < -0.4 is 0 Å². The Morgan fingerprint density at radius 3 is 2.62 bits per heavy atom. The number of benzene rings is 1. The van der Waals surface area contributed by atoms with Crippen LogP contribution >= 0.6 is 11.8 Å². The molecular formula is C12H10FNOS. The molecule has 0 aliphatic carbocycles. The Morgan fingerprint density at radius 1 is 1.25 bits per heavy atom. The second kappa shape index (κ2) is 4.53. The molecule has 0 spiro atoms.